The van der Waals surface area contributed by atoms with Crippen molar-refractivity contribution in [2.24, 2.45) is 0 Å². The number of amides is 1. The summed E-state index contributed by atoms with van der Waals surface area (Å²) in [5.74, 6) is 2.06. The van der Waals surface area contributed by atoms with E-state index in [1.807, 2.05) is 30.9 Å². The number of piperazine rings is 1. The van der Waals surface area contributed by atoms with Gasteiger partial charge in [-0.3, -0.25) is 14.5 Å². The third-order valence-electron chi connectivity index (χ3n) is 6.98. The fourth-order valence-corrected chi connectivity index (χ4v) is 5.08. The number of carbonyl (C=O) groups excluding carboxylic acids is 1. The van der Waals surface area contributed by atoms with E-state index >= 15 is 0 Å². The SMILES string of the molecule is CCCC(C)(C)c1nc(C)c2c(=O)[nH]c(-c3cc(CN4CCN(C(C)=O)CC4)ccc3OCC)nn12. The Morgan fingerprint density at radius 2 is 1.89 bits per heavy atom. The highest BCUT2D eigenvalue weighted by Gasteiger charge is 2.28. The summed E-state index contributed by atoms with van der Waals surface area (Å²) < 4.78 is 7.65. The van der Waals surface area contributed by atoms with Gasteiger partial charge in [-0.1, -0.05) is 33.3 Å². The Bertz CT molecular complexity index is 1300. The van der Waals surface area contributed by atoms with E-state index in [9.17, 15) is 9.59 Å². The van der Waals surface area contributed by atoms with E-state index in [-0.39, 0.29) is 16.9 Å². The maximum atomic E-state index is 13.2. The molecule has 1 aromatic carbocycles. The minimum atomic E-state index is -0.226. The van der Waals surface area contributed by atoms with Gasteiger partial charge in [0.25, 0.3) is 5.56 Å². The van der Waals surface area contributed by atoms with Crippen LogP contribution in [0, 0.1) is 6.92 Å². The molecule has 0 radical (unpaired) electrons. The zero-order chi connectivity index (χ0) is 26.0. The molecule has 194 valence electrons. The van der Waals surface area contributed by atoms with Gasteiger partial charge in [0.2, 0.25) is 5.91 Å². The average molecular weight is 495 g/mol. The number of nitrogens with one attached hydrogen (secondary N) is 1. The van der Waals surface area contributed by atoms with Crippen LogP contribution >= 0.6 is 0 Å². The molecule has 9 nitrogen and oxygen atoms in total. The fraction of sp³-hybridized carbons (Fsp3) is 0.556. The van der Waals surface area contributed by atoms with Gasteiger partial charge < -0.3 is 14.6 Å². The number of hydrogen-bond acceptors (Lipinski definition) is 6. The van der Waals surface area contributed by atoms with Crippen LogP contribution in [0.3, 0.4) is 0 Å². The quantitative estimate of drug-likeness (QED) is 0.515. The number of aromatic nitrogens is 4. The highest BCUT2D eigenvalue weighted by Crippen LogP contribution is 2.31. The second-order valence-electron chi connectivity index (χ2n) is 10.3. The number of rotatable bonds is 8. The van der Waals surface area contributed by atoms with E-state index in [1.165, 1.54) is 0 Å². The van der Waals surface area contributed by atoms with Crippen LogP contribution in [0.5, 0.6) is 5.75 Å². The number of aryl methyl sites for hydroxylation is 1. The summed E-state index contributed by atoms with van der Waals surface area (Å²) in [5.41, 5.74) is 2.57. The summed E-state index contributed by atoms with van der Waals surface area (Å²) in [7, 11) is 0. The van der Waals surface area contributed by atoms with Gasteiger partial charge >= 0.3 is 0 Å². The number of carbonyl (C=O) groups is 1. The molecule has 1 aliphatic rings. The Hall–Kier alpha value is -3.20. The van der Waals surface area contributed by atoms with Crippen molar-refractivity contribution in [3.8, 4) is 17.1 Å². The summed E-state index contributed by atoms with van der Waals surface area (Å²) >= 11 is 0. The summed E-state index contributed by atoms with van der Waals surface area (Å²) in [4.78, 5) is 36.8. The predicted molar refractivity (Wildman–Crippen MR) is 140 cm³/mol. The van der Waals surface area contributed by atoms with Crippen LogP contribution in [-0.4, -0.2) is 68.1 Å². The van der Waals surface area contributed by atoms with Gasteiger partial charge in [0.1, 0.15) is 11.6 Å². The van der Waals surface area contributed by atoms with Crippen molar-refractivity contribution >= 4 is 11.4 Å². The number of benzene rings is 1. The highest BCUT2D eigenvalue weighted by molar-refractivity contribution is 5.73. The Balaban J connectivity index is 1.74. The normalized spacial score (nSPS) is 15.0. The topological polar surface area (TPSA) is 95.8 Å². The van der Waals surface area contributed by atoms with Crippen molar-refractivity contribution in [1.29, 1.82) is 0 Å². The van der Waals surface area contributed by atoms with E-state index in [1.54, 1.807) is 11.4 Å². The molecule has 0 spiro atoms. The first-order valence-electron chi connectivity index (χ1n) is 12.9. The van der Waals surface area contributed by atoms with Crippen LogP contribution in [0.1, 0.15) is 64.5 Å². The van der Waals surface area contributed by atoms with Crippen LogP contribution in [0.4, 0.5) is 0 Å². The molecule has 1 fully saturated rings. The Labute approximate surface area is 212 Å². The van der Waals surface area contributed by atoms with E-state index in [4.69, 9.17) is 14.8 Å². The second kappa shape index (κ2) is 10.4. The fourth-order valence-electron chi connectivity index (χ4n) is 5.08. The molecule has 3 heterocycles. The Morgan fingerprint density at radius 3 is 2.53 bits per heavy atom. The Morgan fingerprint density at radius 1 is 1.17 bits per heavy atom. The molecule has 3 aromatic rings. The van der Waals surface area contributed by atoms with Crippen molar-refractivity contribution in [2.75, 3.05) is 32.8 Å². The van der Waals surface area contributed by atoms with Gasteiger partial charge in [0.15, 0.2) is 11.3 Å². The van der Waals surface area contributed by atoms with Crippen LogP contribution in [0.2, 0.25) is 0 Å². The van der Waals surface area contributed by atoms with E-state index in [0.29, 0.717) is 29.4 Å². The Kier molecular flexibility index (Phi) is 7.49. The van der Waals surface area contributed by atoms with E-state index in [0.717, 1.165) is 62.5 Å². The van der Waals surface area contributed by atoms with Crippen molar-refractivity contribution in [2.45, 2.75) is 66.3 Å². The van der Waals surface area contributed by atoms with E-state index < -0.39 is 0 Å². The molecule has 0 aliphatic carbocycles. The molecule has 0 atom stereocenters. The lowest BCUT2D eigenvalue weighted by atomic mass is 9.87. The largest absolute Gasteiger partial charge is 0.493 e. The van der Waals surface area contributed by atoms with Crippen LogP contribution < -0.4 is 10.3 Å². The number of H-pyrrole nitrogens is 1. The zero-order valence-corrected chi connectivity index (χ0v) is 22.3. The maximum absolute atomic E-state index is 13.2. The lowest BCUT2D eigenvalue weighted by Crippen LogP contribution is -2.47. The summed E-state index contributed by atoms with van der Waals surface area (Å²) in [6.45, 7) is 16.2. The van der Waals surface area contributed by atoms with Crippen LogP contribution in [0.25, 0.3) is 16.9 Å². The van der Waals surface area contributed by atoms with Gasteiger partial charge in [-0.15, -0.1) is 5.10 Å². The van der Waals surface area contributed by atoms with Gasteiger partial charge in [0.05, 0.1) is 17.9 Å². The van der Waals surface area contributed by atoms with Crippen LogP contribution in [-0.2, 0) is 16.8 Å². The van der Waals surface area contributed by atoms with Gasteiger partial charge in [-0.25, -0.2) is 9.50 Å². The first-order valence-corrected chi connectivity index (χ1v) is 12.9. The number of ether oxygens (including phenoxy) is 1. The number of fused-ring (bicyclic) bond motifs is 1. The average Bonchev–Trinajstić information content (AvgIpc) is 3.18. The van der Waals surface area contributed by atoms with Gasteiger partial charge in [-0.05, 0) is 38.0 Å². The maximum Gasteiger partial charge on any atom is 0.277 e. The molecule has 2 aromatic heterocycles. The molecule has 0 unspecified atom stereocenters. The highest BCUT2D eigenvalue weighted by atomic mass is 16.5. The minimum Gasteiger partial charge on any atom is -0.493 e. The zero-order valence-electron chi connectivity index (χ0n) is 22.3. The first kappa shape index (κ1) is 25.9. The van der Waals surface area contributed by atoms with E-state index in [2.05, 4.69) is 36.7 Å². The predicted octanol–water partition coefficient (Wildman–Crippen LogP) is 3.53. The smallest absolute Gasteiger partial charge is 0.277 e. The summed E-state index contributed by atoms with van der Waals surface area (Å²) in [6, 6.07) is 6.05. The molecule has 36 heavy (non-hydrogen) atoms. The molecule has 4 rings (SSSR count). The van der Waals surface area contributed by atoms with Gasteiger partial charge in [-0.2, -0.15) is 0 Å². The minimum absolute atomic E-state index is 0.125. The van der Waals surface area contributed by atoms with Crippen molar-refractivity contribution in [3.05, 3.63) is 45.6 Å². The third kappa shape index (κ3) is 5.16. The third-order valence-corrected chi connectivity index (χ3v) is 6.98. The molecular formula is C27H38N6O3. The summed E-state index contributed by atoms with van der Waals surface area (Å²) in [6.07, 6.45) is 1.94. The molecule has 9 heteroatoms. The number of imidazole rings is 1. The number of hydrogen-bond donors (Lipinski definition) is 1. The molecule has 0 bridgehead atoms. The van der Waals surface area contributed by atoms with Crippen molar-refractivity contribution in [3.63, 3.8) is 0 Å². The second-order valence-corrected chi connectivity index (χ2v) is 10.3. The van der Waals surface area contributed by atoms with Gasteiger partial charge in [0, 0.05) is 45.1 Å². The van der Waals surface area contributed by atoms with Crippen molar-refractivity contribution < 1.29 is 9.53 Å². The monoisotopic (exact) mass is 494 g/mol. The van der Waals surface area contributed by atoms with Crippen molar-refractivity contribution in [1.82, 2.24) is 29.4 Å². The molecular weight excluding hydrogens is 456 g/mol. The lowest BCUT2D eigenvalue weighted by Gasteiger charge is -2.34. The molecule has 0 saturated carbocycles. The molecule has 1 saturated heterocycles. The molecule has 1 amide bonds. The summed E-state index contributed by atoms with van der Waals surface area (Å²) in [5, 5.41) is 4.90. The number of nitrogens with zero attached hydrogens (tertiary/aromatic N) is 5. The number of aromatic amines is 1. The first-order chi connectivity index (χ1) is 17.1. The molecule has 1 aliphatic heterocycles. The standard InChI is InChI=1S/C27H38N6O3/c1-7-11-27(5,6)26-28-18(3)23-25(35)29-24(30-33(23)26)21-16-20(9-10-22(21)36-8-2)17-31-12-14-32(15-13-31)19(4)34/h9-10,16H,7-8,11-15,17H2,1-6H3,(H,29,30,35). The lowest BCUT2D eigenvalue weighted by molar-refractivity contribution is -0.130. The molecule has 1 N–H and O–H groups in total. The van der Waals surface area contributed by atoms with Crippen LogP contribution in [0.15, 0.2) is 23.0 Å².